The Morgan fingerprint density at radius 1 is 1.12 bits per heavy atom. The predicted molar refractivity (Wildman–Crippen MR) is 113 cm³/mol. The number of para-hydroxylation sites is 1. The van der Waals surface area contributed by atoms with E-state index < -0.39 is 0 Å². The molecule has 0 aliphatic carbocycles. The molecule has 0 fully saturated rings. The van der Waals surface area contributed by atoms with Crippen LogP contribution in [0.4, 0.5) is 0 Å². The Morgan fingerprint density at radius 3 is 2.71 bits per heavy atom. The van der Waals surface area contributed by atoms with E-state index in [9.17, 15) is 0 Å². The van der Waals surface area contributed by atoms with Gasteiger partial charge in [-0.25, -0.2) is 0 Å². The number of ether oxygens (including phenoxy) is 1. The van der Waals surface area contributed by atoms with E-state index >= 15 is 0 Å². The first-order chi connectivity index (χ1) is 11.3. The Labute approximate surface area is 161 Å². The molecule has 2 aromatic rings. The quantitative estimate of drug-likeness (QED) is 0.241. The highest BCUT2D eigenvalue weighted by Gasteiger charge is 2.03. The summed E-state index contributed by atoms with van der Waals surface area (Å²) in [7, 11) is 3.56. The number of nitrogens with zero attached hydrogens (tertiary/aromatic N) is 1. The van der Waals surface area contributed by atoms with Crippen molar-refractivity contribution in [2.24, 2.45) is 4.99 Å². The van der Waals surface area contributed by atoms with Crippen molar-refractivity contribution in [3.05, 3.63) is 36.0 Å². The highest BCUT2D eigenvalue weighted by molar-refractivity contribution is 14.0. The van der Waals surface area contributed by atoms with E-state index in [1.54, 1.807) is 7.11 Å². The third-order valence-corrected chi connectivity index (χ3v) is 3.90. The van der Waals surface area contributed by atoms with Crippen molar-refractivity contribution in [3.8, 4) is 0 Å². The average Bonchev–Trinajstić information content (AvgIpc) is 2.99. The lowest BCUT2D eigenvalue weighted by atomic mass is 10.1. The number of benzene rings is 1. The minimum absolute atomic E-state index is 0. The first kappa shape index (κ1) is 20.8. The maximum Gasteiger partial charge on any atom is 0.190 e. The van der Waals surface area contributed by atoms with Crippen molar-refractivity contribution in [2.75, 3.05) is 33.9 Å². The van der Waals surface area contributed by atoms with Crippen LogP contribution in [-0.4, -0.2) is 44.8 Å². The molecule has 0 aliphatic rings. The molecule has 0 saturated carbocycles. The van der Waals surface area contributed by atoms with Crippen molar-refractivity contribution in [1.29, 1.82) is 0 Å². The molecule has 134 valence electrons. The van der Waals surface area contributed by atoms with Crippen molar-refractivity contribution >= 4 is 40.8 Å². The van der Waals surface area contributed by atoms with E-state index in [0.717, 1.165) is 44.9 Å². The number of halogens is 1. The Kier molecular flexibility index (Phi) is 10.5. The molecule has 2 rings (SSSR count). The van der Waals surface area contributed by atoms with Crippen LogP contribution in [0.5, 0.6) is 0 Å². The molecule has 3 N–H and O–H groups in total. The van der Waals surface area contributed by atoms with Crippen LogP contribution >= 0.6 is 24.0 Å². The molecule has 1 aromatic heterocycles. The van der Waals surface area contributed by atoms with Crippen molar-refractivity contribution in [2.45, 2.75) is 25.7 Å². The second-order valence-corrected chi connectivity index (χ2v) is 5.59. The van der Waals surface area contributed by atoms with Gasteiger partial charge in [0.2, 0.25) is 0 Å². The number of methoxy groups -OCH3 is 1. The van der Waals surface area contributed by atoms with Crippen LogP contribution in [0.2, 0.25) is 0 Å². The van der Waals surface area contributed by atoms with Crippen molar-refractivity contribution in [1.82, 2.24) is 15.6 Å². The van der Waals surface area contributed by atoms with Crippen LogP contribution < -0.4 is 10.6 Å². The number of H-pyrrole nitrogens is 1. The minimum Gasteiger partial charge on any atom is -0.385 e. The van der Waals surface area contributed by atoms with Crippen molar-refractivity contribution in [3.63, 3.8) is 0 Å². The lowest BCUT2D eigenvalue weighted by Gasteiger charge is -2.11. The van der Waals surface area contributed by atoms with Gasteiger partial charge in [0.25, 0.3) is 0 Å². The number of rotatable bonds is 9. The summed E-state index contributed by atoms with van der Waals surface area (Å²) in [4.78, 5) is 7.58. The fourth-order valence-electron chi connectivity index (χ4n) is 2.63. The van der Waals surface area contributed by atoms with E-state index in [-0.39, 0.29) is 24.0 Å². The lowest BCUT2D eigenvalue weighted by Crippen LogP contribution is -2.38. The summed E-state index contributed by atoms with van der Waals surface area (Å²) in [5.74, 6) is 0.872. The summed E-state index contributed by atoms with van der Waals surface area (Å²) in [6.07, 6.45) is 6.49. The summed E-state index contributed by atoms with van der Waals surface area (Å²) in [6, 6.07) is 8.40. The molecule has 1 aromatic carbocycles. The van der Waals surface area contributed by atoms with Crippen LogP contribution in [0.1, 0.15) is 24.8 Å². The number of hydrogen-bond acceptors (Lipinski definition) is 2. The maximum absolute atomic E-state index is 5.05. The smallest absolute Gasteiger partial charge is 0.190 e. The Hall–Kier alpha value is -1.28. The zero-order chi connectivity index (χ0) is 16.3. The fraction of sp³-hybridized carbons (Fsp3) is 0.500. The Balaban J connectivity index is 0.00000288. The zero-order valence-electron chi connectivity index (χ0n) is 14.6. The van der Waals surface area contributed by atoms with Gasteiger partial charge in [-0.3, -0.25) is 4.99 Å². The van der Waals surface area contributed by atoms with Crippen LogP contribution in [-0.2, 0) is 11.2 Å². The topological polar surface area (TPSA) is 61.4 Å². The molecule has 0 bridgehead atoms. The second kappa shape index (κ2) is 12.1. The van der Waals surface area contributed by atoms with Gasteiger partial charge >= 0.3 is 0 Å². The molecule has 1 heterocycles. The number of nitrogens with one attached hydrogen (secondary N) is 3. The molecule has 0 atom stereocenters. The largest absolute Gasteiger partial charge is 0.385 e. The molecule has 0 unspecified atom stereocenters. The Bertz CT molecular complexity index is 612. The summed E-state index contributed by atoms with van der Waals surface area (Å²) < 4.78 is 5.05. The molecule has 0 radical (unpaired) electrons. The molecule has 0 aliphatic heterocycles. The number of unbranched alkanes of at least 4 members (excludes halogenated alkanes) is 2. The van der Waals surface area contributed by atoms with Gasteiger partial charge in [0.05, 0.1) is 0 Å². The molecule has 0 amide bonds. The third kappa shape index (κ3) is 6.68. The number of hydrogen-bond donors (Lipinski definition) is 3. The summed E-state index contributed by atoms with van der Waals surface area (Å²) >= 11 is 0. The zero-order valence-corrected chi connectivity index (χ0v) is 16.9. The number of aromatic amines is 1. The number of aromatic nitrogens is 1. The van der Waals surface area contributed by atoms with E-state index in [1.165, 1.54) is 22.9 Å². The lowest BCUT2D eigenvalue weighted by molar-refractivity contribution is 0.192. The molecule has 5 nitrogen and oxygen atoms in total. The van der Waals surface area contributed by atoms with E-state index in [2.05, 4.69) is 51.1 Å². The van der Waals surface area contributed by atoms with E-state index in [4.69, 9.17) is 4.74 Å². The van der Waals surface area contributed by atoms with Crippen molar-refractivity contribution < 1.29 is 4.74 Å². The first-order valence-electron chi connectivity index (χ1n) is 8.33. The second-order valence-electron chi connectivity index (χ2n) is 5.59. The van der Waals surface area contributed by atoms with E-state index in [0.29, 0.717) is 0 Å². The normalized spacial score (nSPS) is 11.3. The molecular formula is C18H29IN4O. The number of guanidine groups is 1. The molecule has 6 heteroatoms. The van der Waals surface area contributed by atoms with Gasteiger partial charge in [-0.15, -0.1) is 24.0 Å². The number of aliphatic imine (C=N–C) groups is 1. The third-order valence-electron chi connectivity index (χ3n) is 3.90. The van der Waals surface area contributed by atoms with Gasteiger partial charge in [-0.2, -0.15) is 0 Å². The van der Waals surface area contributed by atoms with Gasteiger partial charge in [-0.05, 0) is 37.3 Å². The predicted octanol–water partition coefficient (Wildman–Crippen LogP) is 3.31. The summed E-state index contributed by atoms with van der Waals surface area (Å²) in [5, 5.41) is 8.03. The first-order valence-corrected chi connectivity index (χ1v) is 8.33. The Morgan fingerprint density at radius 2 is 1.92 bits per heavy atom. The molecule has 0 saturated heterocycles. The summed E-state index contributed by atoms with van der Waals surface area (Å²) in [6.45, 7) is 2.65. The van der Waals surface area contributed by atoms with Crippen LogP contribution in [0.15, 0.2) is 35.5 Å². The molecule has 24 heavy (non-hydrogen) atoms. The van der Waals surface area contributed by atoms with Gasteiger partial charge in [0.15, 0.2) is 5.96 Å². The SMILES string of the molecule is CN=C(NCCCCCOC)NCCc1c[nH]c2ccccc12.I. The number of fused-ring (bicyclic) bond motifs is 1. The molecule has 0 spiro atoms. The maximum atomic E-state index is 5.05. The van der Waals surface area contributed by atoms with Gasteiger partial charge in [-0.1, -0.05) is 18.2 Å². The van der Waals surface area contributed by atoms with Gasteiger partial charge in [0.1, 0.15) is 0 Å². The van der Waals surface area contributed by atoms with Crippen LogP contribution in [0, 0.1) is 0 Å². The minimum atomic E-state index is 0. The van der Waals surface area contributed by atoms with Crippen LogP contribution in [0.3, 0.4) is 0 Å². The standard InChI is InChI=1S/C18H28N4O.HI/c1-19-18(20-11-6-3-7-13-23-2)21-12-10-15-14-22-17-9-5-4-8-16(15)17;/h4-5,8-9,14,22H,3,6-7,10-13H2,1-2H3,(H2,19,20,21);1H. The molecular weight excluding hydrogens is 415 g/mol. The highest BCUT2D eigenvalue weighted by atomic mass is 127. The van der Waals surface area contributed by atoms with Gasteiger partial charge < -0.3 is 20.4 Å². The fourth-order valence-corrected chi connectivity index (χ4v) is 2.63. The summed E-state index contributed by atoms with van der Waals surface area (Å²) in [5.41, 5.74) is 2.53. The van der Waals surface area contributed by atoms with E-state index in [1.807, 2.05) is 7.05 Å². The average molecular weight is 444 g/mol. The monoisotopic (exact) mass is 444 g/mol. The highest BCUT2D eigenvalue weighted by Crippen LogP contribution is 2.17. The van der Waals surface area contributed by atoms with Gasteiger partial charge in [0, 0.05) is 51.0 Å². The van der Waals surface area contributed by atoms with Crippen LogP contribution in [0.25, 0.3) is 10.9 Å².